The molecular weight excluding hydrogens is 548 g/mol. The van der Waals surface area contributed by atoms with Gasteiger partial charge in [-0.1, -0.05) is 48.5 Å². The van der Waals surface area contributed by atoms with E-state index in [2.05, 4.69) is 15.4 Å². The zero-order valence-electron chi connectivity index (χ0n) is 21.6. The molecule has 0 bridgehead atoms. The van der Waals surface area contributed by atoms with Crippen LogP contribution in [0.15, 0.2) is 108 Å². The van der Waals surface area contributed by atoms with Crippen LogP contribution in [0.4, 0.5) is 22.7 Å². The largest absolute Gasteiger partial charge is 0.354 e. The first kappa shape index (κ1) is 27.0. The third kappa shape index (κ3) is 5.56. The van der Waals surface area contributed by atoms with E-state index in [0.29, 0.717) is 39.6 Å². The van der Waals surface area contributed by atoms with Crippen molar-refractivity contribution in [3.05, 3.63) is 114 Å². The minimum Gasteiger partial charge on any atom is -0.354 e. The fourth-order valence-corrected chi connectivity index (χ4v) is 5.84. The highest BCUT2D eigenvalue weighted by Gasteiger charge is 2.29. The fraction of sp³-hybridized carbons (Fsp3) is 0.0690. The Balaban J connectivity index is 1.56. The van der Waals surface area contributed by atoms with Gasteiger partial charge in [0, 0.05) is 29.7 Å². The second kappa shape index (κ2) is 10.5. The Morgan fingerprint density at radius 1 is 0.775 bits per heavy atom. The van der Waals surface area contributed by atoms with Gasteiger partial charge in [0.25, 0.3) is 15.9 Å². The van der Waals surface area contributed by atoms with Crippen molar-refractivity contribution >= 4 is 60.0 Å². The summed E-state index contributed by atoms with van der Waals surface area (Å²) in [7, 11) is -5.79. The van der Waals surface area contributed by atoms with E-state index in [0.717, 1.165) is 11.8 Å². The molecule has 11 heteroatoms. The lowest BCUT2D eigenvalue weighted by molar-refractivity contribution is -0.110. The van der Waals surface area contributed by atoms with Crippen molar-refractivity contribution in [3.63, 3.8) is 0 Å². The van der Waals surface area contributed by atoms with Crippen LogP contribution in [0.25, 0.3) is 11.3 Å². The van der Waals surface area contributed by atoms with Gasteiger partial charge in [-0.25, -0.2) is 16.8 Å². The summed E-state index contributed by atoms with van der Waals surface area (Å²) in [6.07, 6.45) is 1.13. The summed E-state index contributed by atoms with van der Waals surface area (Å²) < 4.78 is 53.4. The van der Waals surface area contributed by atoms with Gasteiger partial charge >= 0.3 is 0 Å². The fourth-order valence-electron chi connectivity index (χ4n) is 4.27. The molecular formula is C29H26N4O5S2. The van der Waals surface area contributed by atoms with Gasteiger partial charge in [-0.05, 0) is 60.2 Å². The van der Waals surface area contributed by atoms with E-state index in [1.54, 1.807) is 60.7 Å². The molecule has 204 valence electrons. The Labute approximate surface area is 233 Å². The van der Waals surface area contributed by atoms with Gasteiger partial charge in [0.05, 0.1) is 28.1 Å². The van der Waals surface area contributed by atoms with Crippen molar-refractivity contribution in [3.8, 4) is 0 Å². The van der Waals surface area contributed by atoms with Crippen LogP contribution in [0.3, 0.4) is 0 Å². The van der Waals surface area contributed by atoms with Gasteiger partial charge in [0.1, 0.15) is 0 Å². The number of carbonyl (C=O) groups is 1. The van der Waals surface area contributed by atoms with Crippen LogP contribution in [0.2, 0.25) is 0 Å². The number of hydrogen-bond donors (Lipinski definition) is 3. The van der Waals surface area contributed by atoms with E-state index >= 15 is 0 Å². The molecule has 0 aliphatic carbocycles. The number of nitrogens with zero attached hydrogens (tertiary/aromatic N) is 1. The molecule has 1 amide bonds. The van der Waals surface area contributed by atoms with Crippen LogP contribution in [-0.4, -0.2) is 36.0 Å². The smallest absolute Gasteiger partial charge is 0.261 e. The van der Waals surface area contributed by atoms with Crippen LogP contribution >= 0.6 is 0 Å². The highest BCUT2D eigenvalue weighted by molar-refractivity contribution is 7.92. The summed E-state index contributed by atoms with van der Waals surface area (Å²) in [6.45, 7) is 0. The van der Waals surface area contributed by atoms with Crippen LogP contribution in [0.5, 0.6) is 0 Å². The van der Waals surface area contributed by atoms with Crippen LogP contribution < -0.4 is 19.7 Å². The van der Waals surface area contributed by atoms with Crippen molar-refractivity contribution in [1.29, 1.82) is 0 Å². The average molecular weight is 575 g/mol. The lowest BCUT2D eigenvalue weighted by atomic mass is 9.99. The molecule has 1 aliphatic heterocycles. The van der Waals surface area contributed by atoms with Gasteiger partial charge in [-0.2, -0.15) is 0 Å². The van der Waals surface area contributed by atoms with E-state index in [-0.39, 0.29) is 10.8 Å². The number of hydrogen-bond acceptors (Lipinski definition) is 6. The number of carbonyl (C=O) groups excluding carboxylic acids is 1. The SMILES string of the molecule is CN(c1ccc(NC(=C2C(=O)Nc3ccc(NS(=O)(=O)c4ccccc4)cc32)c2ccccc2)cc1)S(C)(=O)=O. The minimum atomic E-state index is -3.84. The van der Waals surface area contributed by atoms with Crippen molar-refractivity contribution < 1.29 is 21.6 Å². The zero-order valence-corrected chi connectivity index (χ0v) is 23.3. The lowest BCUT2D eigenvalue weighted by Crippen LogP contribution is -2.24. The predicted molar refractivity (Wildman–Crippen MR) is 159 cm³/mol. The minimum absolute atomic E-state index is 0.122. The molecule has 0 saturated carbocycles. The first-order valence-electron chi connectivity index (χ1n) is 12.2. The van der Waals surface area contributed by atoms with Gasteiger partial charge in [-0.3, -0.25) is 13.8 Å². The Morgan fingerprint density at radius 3 is 2.00 bits per heavy atom. The highest BCUT2D eigenvalue weighted by atomic mass is 32.2. The topological polar surface area (TPSA) is 125 Å². The van der Waals surface area contributed by atoms with Crippen molar-refractivity contribution in [2.75, 3.05) is 33.0 Å². The molecule has 4 aromatic carbocycles. The molecule has 0 radical (unpaired) electrons. The van der Waals surface area contributed by atoms with E-state index < -0.39 is 20.0 Å². The molecule has 0 aromatic heterocycles. The van der Waals surface area contributed by atoms with E-state index in [4.69, 9.17) is 0 Å². The number of fused-ring (bicyclic) bond motifs is 1. The van der Waals surface area contributed by atoms with E-state index in [9.17, 15) is 21.6 Å². The van der Waals surface area contributed by atoms with Crippen molar-refractivity contribution in [2.45, 2.75) is 4.90 Å². The Bertz CT molecular complexity index is 1820. The summed E-state index contributed by atoms with van der Waals surface area (Å²) in [4.78, 5) is 13.4. The van der Waals surface area contributed by atoms with Crippen molar-refractivity contribution in [2.24, 2.45) is 0 Å². The summed E-state index contributed by atoms with van der Waals surface area (Å²) >= 11 is 0. The monoisotopic (exact) mass is 574 g/mol. The number of benzene rings is 4. The van der Waals surface area contributed by atoms with Gasteiger partial charge in [0.15, 0.2) is 0 Å². The maximum absolute atomic E-state index is 13.3. The lowest BCUT2D eigenvalue weighted by Gasteiger charge is -2.18. The number of anilines is 4. The first-order valence-corrected chi connectivity index (χ1v) is 15.5. The van der Waals surface area contributed by atoms with Crippen LogP contribution in [-0.2, 0) is 24.8 Å². The third-order valence-corrected chi connectivity index (χ3v) is 8.98. The molecule has 0 saturated heterocycles. The van der Waals surface area contributed by atoms with Gasteiger partial charge < -0.3 is 10.6 Å². The zero-order chi connectivity index (χ0) is 28.5. The second-order valence-corrected chi connectivity index (χ2v) is 12.8. The first-order chi connectivity index (χ1) is 19.0. The summed E-state index contributed by atoms with van der Waals surface area (Å²) in [5.74, 6) is -0.349. The Morgan fingerprint density at radius 2 is 1.38 bits per heavy atom. The predicted octanol–water partition coefficient (Wildman–Crippen LogP) is 4.82. The highest BCUT2D eigenvalue weighted by Crippen LogP contribution is 2.39. The number of amides is 1. The molecule has 0 atom stereocenters. The van der Waals surface area contributed by atoms with Crippen LogP contribution in [0.1, 0.15) is 11.1 Å². The van der Waals surface area contributed by atoms with Gasteiger partial charge in [0.2, 0.25) is 10.0 Å². The van der Waals surface area contributed by atoms with E-state index in [1.165, 1.54) is 23.5 Å². The molecule has 9 nitrogen and oxygen atoms in total. The van der Waals surface area contributed by atoms with Gasteiger partial charge in [-0.15, -0.1) is 0 Å². The normalized spacial score (nSPS) is 14.2. The van der Waals surface area contributed by atoms with Crippen molar-refractivity contribution in [1.82, 2.24) is 0 Å². The summed E-state index contributed by atoms with van der Waals surface area (Å²) in [5, 5.41) is 6.18. The molecule has 1 heterocycles. The molecule has 1 aliphatic rings. The average Bonchev–Trinajstić information content (AvgIpc) is 3.26. The third-order valence-electron chi connectivity index (χ3n) is 6.38. The molecule has 5 rings (SSSR count). The number of rotatable bonds is 8. The summed E-state index contributed by atoms with van der Waals surface area (Å²) in [5.41, 5.74) is 4.05. The molecule has 0 unspecified atom stereocenters. The Hall–Kier alpha value is -4.61. The van der Waals surface area contributed by atoms with E-state index in [1.807, 2.05) is 30.3 Å². The second-order valence-electron chi connectivity index (χ2n) is 9.15. The maximum atomic E-state index is 13.3. The molecule has 3 N–H and O–H groups in total. The number of nitrogens with one attached hydrogen (secondary N) is 3. The molecule has 4 aromatic rings. The maximum Gasteiger partial charge on any atom is 0.261 e. The standard InChI is InChI=1S/C29H26N4O5S2/c1-33(39(2,35)36)23-16-13-21(14-17-23)30-28(20-9-5-3-6-10-20)27-25-19-22(15-18-26(25)31-29(27)34)32-40(37,38)24-11-7-4-8-12-24/h3-19,30,32H,1-2H3,(H,31,34). The molecule has 0 spiro atoms. The molecule has 40 heavy (non-hydrogen) atoms. The Kier molecular flexibility index (Phi) is 7.09. The van der Waals surface area contributed by atoms with Crippen LogP contribution in [0, 0.1) is 0 Å². The molecule has 0 fully saturated rings. The number of sulfonamides is 2. The quantitative estimate of drug-likeness (QED) is 0.259. The summed E-state index contributed by atoms with van der Waals surface area (Å²) in [6, 6.07) is 28.9.